The molecule has 1 aliphatic carbocycles. The van der Waals surface area contributed by atoms with Crippen LogP contribution in [-0.2, 0) is 20.8 Å². The van der Waals surface area contributed by atoms with Gasteiger partial charge in [-0.05, 0) is 30.7 Å². The summed E-state index contributed by atoms with van der Waals surface area (Å²) in [6.07, 6.45) is 6.20. The largest absolute Gasteiger partial charge is 0.369 e. The van der Waals surface area contributed by atoms with E-state index in [9.17, 15) is 14.4 Å². The Morgan fingerprint density at radius 2 is 1.77 bits per heavy atom. The van der Waals surface area contributed by atoms with Gasteiger partial charge in [0.15, 0.2) is 0 Å². The average Bonchev–Trinajstić information content (AvgIpc) is 2.62. The molecule has 0 heterocycles. The molecule has 3 amide bonds. The van der Waals surface area contributed by atoms with Crippen LogP contribution in [0.25, 0.3) is 0 Å². The normalized spacial score (nSPS) is 15.5. The lowest BCUT2D eigenvalue weighted by Gasteiger charge is -2.19. The van der Waals surface area contributed by atoms with Crippen molar-refractivity contribution in [2.45, 2.75) is 51.4 Å². The zero-order valence-corrected chi connectivity index (χ0v) is 15.1. The maximum absolute atomic E-state index is 12.3. The van der Waals surface area contributed by atoms with Gasteiger partial charge in [0.05, 0.1) is 6.42 Å². The molecular formula is C20H27N3O3. The predicted molar refractivity (Wildman–Crippen MR) is 101 cm³/mol. The van der Waals surface area contributed by atoms with Gasteiger partial charge in [0.1, 0.15) is 5.71 Å². The lowest BCUT2D eigenvalue weighted by atomic mass is 9.87. The molecule has 1 saturated carbocycles. The fourth-order valence-electron chi connectivity index (χ4n) is 3.24. The first kappa shape index (κ1) is 19.8. The van der Waals surface area contributed by atoms with Crippen LogP contribution in [0.3, 0.4) is 0 Å². The first-order valence-corrected chi connectivity index (χ1v) is 9.25. The highest BCUT2D eigenvalue weighted by molar-refractivity contribution is 6.43. The summed E-state index contributed by atoms with van der Waals surface area (Å²) in [6.45, 7) is 0.400. The molecule has 0 aromatic heterocycles. The first-order valence-electron chi connectivity index (χ1n) is 9.25. The van der Waals surface area contributed by atoms with Gasteiger partial charge in [-0.15, -0.1) is 0 Å². The number of aliphatic imine (C=N–C) groups is 1. The van der Waals surface area contributed by atoms with Crippen molar-refractivity contribution in [3.05, 3.63) is 35.9 Å². The average molecular weight is 357 g/mol. The number of amides is 3. The number of hydrogen-bond donors (Lipinski definition) is 2. The van der Waals surface area contributed by atoms with E-state index in [0.717, 1.165) is 31.2 Å². The van der Waals surface area contributed by atoms with Gasteiger partial charge in [-0.25, -0.2) is 4.99 Å². The van der Waals surface area contributed by atoms with Gasteiger partial charge in [-0.1, -0.05) is 49.6 Å². The highest BCUT2D eigenvalue weighted by Gasteiger charge is 2.20. The second-order valence-electron chi connectivity index (χ2n) is 6.79. The second kappa shape index (κ2) is 10.5. The number of nitrogens with zero attached hydrogens (tertiary/aromatic N) is 1. The Labute approximate surface area is 154 Å². The molecule has 0 saturated heterocycles. The molecule has 6 nitrogen and oxygen atoms in total. The van der Waals surface area contributed by atoms with E-state index in [2.05, 4.69) is 10.3 Å². The Balaban J connectivity index is 1.90. The Hall–Kier alpha value is -2.50. The molecule has 140 valence electrons. The van der Waals surface area contributed by atoms with Crippen molar-refractivity contribution in [3.8, 4) is 0 Å². The van der Waals surface area contributed by atoms with Gasteiger partial charge >= 0.3 is 0 Å². The number of carbonyl (C=O) groups is 3. The molecular weight excluding hydrogens is 330 g/mol. The first-order chi connectivity index (χ1) is 12.5. The SMILES string of the molecule is NC(=O)CC(=NC(=O)CC1CCCCC1)C(=O)NCCc1ccccc1. The smallest absolute Gasteiger partial charge is 0.266 e. The number of hydrogen-bond acceptors (Lipinski definition) is 3. The van der Waals surface area contributed by atoms with Crippen LogP contribution in [0.15, 0.2) is 35.3 Å². The van der Waals surface area contributed by atoms with E-state index in [1.807, 2.05) is 30.3 Å². The highest BCUT2D eigenvalue weighted by atomic mass is 16.2. The molecule has 0 aliphatic heterocycles. The van der Waals surface area contributed by atoms with E-state index in [-0.39, 0.29) is 18.0 Å². The molecule has 0 atom stereocenters. The number of carbonyl (C=O) groups excluding carboxylic acids is 3. The van der Waals surface area contributed by atoms with Gasteiger partial charge in [0, 0.05) is 13.0 Å². The van der Waals surface area contributed by atoms with Crippen LogP contribution in [0, 0.1) is 5.92 Å². The third-order valence-electron chi connectivity index (χ3n) is 4.59. The summed E-state index contributed by atoms with van der Waals surface area (Å²) in [6, 6.07) is 9.73. The van der Waals surface area contributed by atoms with Gasteiger partial charge in [0.25, 0.3) is 5.91 Å². The summed E-state index contributed by atoms with van der Waals surface area (Å²) in [5.41, 5.74) is 6.20. The van der Waals surface area contributed by atoms with Crippen LogP contribution >= 0.6 is 0 Å². The van der Waals surface area contributed by atoms with E-state index in [1.165, 1.54) is 6.42 Å². The van der Waals surface area contributed by atoms with Crippen LogP contribution in [0.4, 0.5) is 0 Å². The van der Waals surface area contributed by atoms with Gasteiger partial charge in [-0.2, -0.15) is 0 Å². The maximum atomic E-state index is 12.3. The third-order valence-corrected chi connectivity index (χ3v) is 4.59. The van der Waals surface area contributed by atoms with Crippen LogP contribution in [0.2, 0.25) is 0 Å². The minimum Gasteiger partial charge on any atom is -0.369 e. The molecule has 2 rings (SSSR count). The molecule has 0 unspecified atom stereocenters. The molecule has 3 N–H and O–H groups in total. The number of primary amides is 1. The molecule has 0 radical (unpaired) electrons. The highest BCUT2D eigenvalue weighted by Crippen LogP contribution is 2.26. The number of nitrogens with two attached hydrogens (primary N) is 1. The van der Waals surface area contributed by atoms with Crippen molar-refractivity contribution in [3.63, 3.8) is 0 Å². The van der Waals surface area contributed by atoms with Gasteiger partial charge < -0.3 is 11.1 Å². The van der Waals surface area contributed by atoms with Crippen LogP contribution < -0.4 is 11.1 Å². The lowest BCUT2D eigenvalue weighted by Crippen LogP contribution is -2.35. The molecule has 26 heavy (non-hydrogen) atoms. The lowest BCUT2D eigenvalue weighted by molar-refractivity contribution is -0.120. The fourth-order valence-corrected chi connectivity index (χ4v) is 3.24. The van der Waals surface area contributed by atoms with Crippen molar-refractivity contribution in [2.24, 2.45) is 16.6 Å². The van der Waals surface area contributed by atoms with E-state index >= 15 is 0 Å². The third kappa shape index (κ3) is 7.17. The summed E-state index contributed by atoms with van der Waals surface area (Å²) in [4.78, 5) is 39.6. The molecule has 1 aromatic carbocycles. The van der Waals surface area contributed by atoms with Crippen molar-refractivity contribution in [1.82, 2.24) is 5.32 Å². The summed E-state index contributed by atoms with van der Waals surface area (Å²) in [7, 11) is 0. The predicted octanol–water partition coefficient (Wildman–Crippen LogP) is 2.16. The Kier molecular flexibility index (Phi) is 7.99. The number of rotatable bonds is 8. The van der Waals surface area contributed by atoms with Crippen molar-refractivity contribution < 1.29 is 14.4 Å². The molecule has 1 aromatic rings. The summed E-state index contributed by atoms with van der Waals surface area (Å²) < 4.78 is 0. The van der Waals surface area contributed by atoms with Crippen molar-refractivity contribution in [2.75, 3.05) is 6.54 Å². The minimum absolute atomic E-state index is 0.0913. The standard InChI is InChI=1S/C20H27N3O3/c21-18(24)14-17(23-19(25)13-16-9-5-2-6-10-16)20(26)22-12-11-15-7-3-1-4-8-15/h1,3-4,7-8,16H,2,5-6,9-14H2,(H2,21,24)(H,22,26). The molecule has 6 heteroatoms. The van der Waals surface area contributed by atoms with Gasteiger partial charge in [0.2, 0.25) is 11.8 Å². The zero-order valence-electron chi connectivity index (χ0n) is 15.1. The zero-order chi connectivity index (χ0) is 18.8. The maximum Gasteiger partial charge on any atom is 0.266 e. The van der Waals surface area contributed by atoms with E-state index in [4.69, 9.17) is 5.73 Å². The van der Waals surface area contributed by atoms with Crippen LogP contribution in [0.5, 0.6) is 0 Å². The van der Waals surface area contributed by atoms with E-state index < -0.39 is 11.8 Å². The monoisotopic (exact) mass is 357 g/mol. The Morgan fingerprint density at radius 3 is 2.42 bits per heavy atom. The Bertz CT molecular complexity index is 650. The number of nitrogens with one attached hydrogen (secondary N) is 1. The van der Waals surface area contributed by atoms with Crippen LogP contribution in [-0.4, -0.2) is 30.0 Å². The number of benzene rings is 1. The van der Waals surface area contributed by atoms with Crippen molar-refractivity contribution >= 4 is 23.4 Å². The molecule has 1 fully saturated rings. The van der Waals surface area contributed by atoms with Crippen molar-refractivity contribution in [1.29, 1.82) is 0 Å². The molecule has 0 spiro atoms. The summed E-state index contributed by atoms with van der Waals surface area (Å²) >= 11 is 0. The van der Waals surface area contributed by atoms with E-state index in [1.54, 1.807) is 0 Å². The summed E-state index contributed by atoms with van der Waals surface area (Å²) in [5.74, 6) is -1.19. The van der Waals surface area contributed by atoms with E-state index in [0.29, 0.717) is 25.3 Å². The van der Waals surface area contributed by atoms with Crippen LogP contribution in [0.1, 0.15) is 50.5 Å². The Morgan fingerprint density at radius 1 is 1.08 bits per heavy atom. The summed E-state index contributed by atoms with van der Waals surface area (Å²) in [5, 5.41) is 2.72. The molecule has 0 bridgehead atoms. The topological polar surface area (TPSA) is 102 Å². The quantitative estimate of drug-likeness (QED) is 0.697. The molecule has 1 aliphatic rings. The second-order valence-corrected chi connectivity index (χ2v) is 6.79. The van der Waals surface area contributed by atoms with Gasteiger partial charge in [-0.3, -0.25) is 14.4 Å². The fraction of sp³-hybridized carbons (Fsp3) is 0.500. The minimum atomic E-state index is -0.674.